The molecule has 2 N–H and O–H groups in total. The molecule has 0 unspecified atom stereocenters. The SMILES string of the molecule is Cc1nc2ccc(NC(=O)Cc3ccccc3C)cc2[nH]1. The van der Waals surface area contributed by atoms with Crippen molar-refractivity contribution in [3.05, 3.63) is 59.4 Å². The highest BCUT2D eigenvalue weighted by molar-refractivity contribution is 5.94. The number of hydrogen-bond donors (Lipinski definition) is 2. The molecule has 0 atom stereocenters. The number of aryl methyl sites for hydroxylation is 2. The second kappa shape index (κ2) is 5.40. The van der Waals surface area contributed by atoms with Gasteiger partial charge in [0.05, 0.1) is 17.5 Å². The number of benzene rings is 2. The van der Waals surface area contributed by atoms with Crippen LogP contribution in [-0.2, 0) is 11.2 Å². The maximum Gasteiger partial charge on any atom is 0.228 e. The molecule has 2 aromatic carbocycles. The number of fused-ring (bicyclic) bond motifs is 1. The van der Waals surface area contributed by atoms with E-state index in [4.69, 9.17) is 0 Å². The predicted octanol–water partition coefficient (Wildman–Crippen LogP) is 3.36. The summed E-state index contributed by atoms with van der Waals surface area (Å²) in [6.07, 6.45) is 0.382. The van der Waals surface area contributed by atoms with Crippen molar-refractivity contribution in [1.29, 1.82) is 0 Å². The van der Waals surface area contributed by atoms with Gasteiger partial charge in [-0.2, -0.15) is 0 Å². The molecule has 0 spiro atoms. The molecule has 0 aliphatic heterocycles. The lowest BCUT2D eigenvalue weighted by Gasteiger charge is -2.07. The number of imidazole rings is 1. The van der Waals surface area contributed by atoms with Gasteiger partial charge in [-0.15, -0.1) is 0 Å². The fraction of sp³-hybridized carbons (Fsp3) is 0.176. The van der Waals surface area contributed by atoms with E-state index < -0.39 is 0 Å². The summed E-state index contributed by atoms with van der Waals surface area (Å²) in [6, 6.07) is 13.6. The normalized spacial score (nSPS) is 10.8. The Labute approximate surface area is 123 Å². The molecule has 0 fully saturated rings. The molecule has 106 valence electrons. The Morgan fingerprint density at radius 1 is 1.19 bits per heavy atom. The first kappa shape index (κ1) is 13.4. The van der Waals surface area contributed by atoms with Crippen LogP contribution in [0.3, 0.4) is 0 Å². The first-order valence-corrected chi connectivity index (χ1v) is 6.92. The van der Waals surface area contributed by atoms with Crippen molar-refractivity contribution in [3.8, 4) is 0 Å². The van der Waals surface area contributed by atoms with Crippen molar-refractivity contribution in [2.45, 2.75) is 20.3 Å². The molecule has 0 aliphatic rings. The minimum Gasteiger partial charge on any atom is -0.342 e. The van der Waals surface area contributed by atoms with Crippen molar-refractivity contribution in [1.82, 2.24) is 9.97 Å². The Hall–Kier alpha value is -2.62. The van der Waals surface area contributed by atoms with Crippen molar-refractivity contribution in [3.63, 3.8) is 0 Å². The molecular weight excluding hydrogens is 262 g/mol. The highest BCUT2D eigenvalue weighted by Crippen LogP contribution is 2.17. The molecule has 21 heavy (non-hydrogen) atoms. The average molecular weight is 279 g/mol. The van der Waals surface area contributed by atoms with Crippen molar-refractivity contribution in [2.24, 2.45) is 0 Å². The zero-order valence-electron chi connectivity index (χ0n) is 12.1. The number of H-pyrrole nitrogens is 1. The molecule has 0 aliphatic carbocycles. The molecule has 1 amide bonds. The zero-order chi connectivity index (χ0) is 14.8. The van der Waals surface area contributed by atoms with Crippen LogP contribution >= 0.6 is 0 Å². The smallest absolute Gasteiger partial charge is 0.228 e. The van der Waals surface area contributed by atoms with Gasteiger partial charge in [0.1, 0.15) is 5.82 Å². The number of carbonyl (C=O) groups is 1. The van der Waals surface area contributed by atoms with Crippen molar-refractivity contribution >= 4 is 22.6 Å². The summed E-state index contributed by atoms with van der Waals surface area (Å²) in [5, 5.41) is 2.93. The topological polar surface area (TPSA) is 57.8 Å². The van der Waals surface area contributed by atoms with E-state index in [1.54, 1.807) is 0 Å². The summed E-state index contributed by atoms with van der Waals surface area (Å²) in [5.74, 6) is 0.855. The van der Waals surface area contributed by atoms with Crippen LogP contribution in [0.15, 0.2) is 42.5 Å². The molecule has 1 heterocycles. The highest BCUT2D eigenvalue weighted by atomic mass is 16.1. The van der Waals surface area contributed by atoms with Crippen LogP contribution in [0.5, 0.6) is 0 Å². The predicted molar refractivity (Wildman–Crippen MR) is 84.3 cm³/mol. The fourth-order valence-electron chi connectivity index (χ4n) is 2.40. The average Bonchev–Trinajstić information content (AvgIpc) is 2.80. The van der Waals surface area contributed by atoms with E-state index in [2.05, 4.69) is 15.3 Å². The van der Waals surface area contributed by atoms with Gasteiger partial charge in [-0.05, 0) is 43.2 Å². The van der Waals surface area contributed by atoms with Gasteiger partial charge >= 0.3 is 0 Å². The zero-order valence-corrected chi connectivity index (χ0v) is 12.1. The van der Waals surface area contributed by atoms with Crippen LogP contribution in [0.1, 0.15) is 17.0 Å². The van der Waals surface area contributed by atoms with E-state index in [0.717, 1.165) is 33.7 Å². The summed E-state index contributed by atoms with van der Waals surface area (Å²) in [5.41, 5.74) is 4.80. The summed E-state index contributed by atoms with van der Waals surface area (Å²) >= 11 is 0. The van der Waals surface area contributed by atoms with Gasteiger partial charge in [-0.3, -0.25) is 4.79 Å². The quantitative estimate of drug-likeness (QED) is 0.772. The molecule has 1 aromatic heterocycles. The Kier molecular flexibility index (Phi) is 3.44. The minimum absolute atomic E-state index is 0.0140. The van der Waals surface area contributed by atoms with Crippen molar-refractivity contribution in [2.75, 3.05) is 5.32 Å². The number of nitrogens with one attached hydrogen (secondary N) is 2. The van der Waals surface area contributed by atoms with E-state index >= 15 is 0 Å². The molecule has 4 nitrogen and oxygen atoms in total. The number of nitrogens with zero attached hydrogens (tertiary/aromatic N) is 1. The molecule has 3 rings (SSSR count). The standard InChI is InChI=1S/C17H17N3O/c1-11-5-3-4-6-13(11)9-17(21)20-14-7-8-15-16(10-14)19-12(2)18-15/h3-8,10H,9H2,1-2H3,(H,18,19)(H,20,21). The number of aromatic amines is 1. The highest BCUT2D eigenvalue weighted by Gasteiger charge is 2.07. The van der Waals surface area contributed by atoms with E-state index in [1.807, 2.05) is 56.3 Å². The van der Waals surface area contributed by atoms with Gasteiger partial charge in [0, 0.05) is 5.69 Å². The number of anilines is 1. The van der Waals surface area contributed by atoms with Gasteiger partial charge in [0.2, 0.25) is 5.91 Å². The lowest BCUT2D eigenvalue weighted by Crippen LogP contribution is -2.14. The maximum absolute atomic E-state index is 12.1. The van der Waals surface area contributed by atoms with Gasteiger partial charge in [-0.25, -0.2) is 4.98 Å². The van der Waals surface area contributed by atoms with Crippen LogP contribution in [0, 0.1) is 13.8 Å². The van der Waals surface area contributed by atoms with Gasteiger partial charge in [0.25, 0.3) is 0 Å². The summed E-state index contributed by atoms with van der Waals surface area (Å²) in [6.45, 7) is 3.93. The number of rotatable bonds is 3. The molecule has 0 saturated carbocycles. The third-order valence-electron chi connectivity index (χ3n) is 3.50. The number of carbonyl (C=O) groups excluding carboxylic acids is 1. The maximum atomic E-state index is 12.1. The molecular formula is C17H17N3O. The summed E-state index contributed by atoms with van der Waals surface area (Å²) < 4.78 is 0. The molecule has 4 heteroatoms. The van der Waals surface area contributed by atoms with Crippen LogP contribution in [0.2, 0.25) is 0 Å². The Balaban J connectivity index is 1.75. The van der Waals surface area contributed by atoms with E-state index in [9.17, 15) is 4.79 Å². The van der Waals surface area contributed by atoms with Crippen LogP contribution in [0.25, 0.3) is 11.0 Å². The van der Waals surface area contributed by atoms with E-state index in [1.165, 1.54) is 0 Å². The molecule has 0 bridgehead atoms. The van der Waals surface area contributed by atoms with Crippen LogP contribution in [0.4, 0.5) is 5.69 Å². The fourth-order valence-corrected chi connectivity index (χ4v) is 2.40. The first-order valence-electron chi connectivity index (χ1n) is 6.92. The number of aromatic nitrogens is 2. The van der Waals surface area contributed by atoms with Gasteiger partial charge < -0.3 is 10.3 Å². The second-order valence-electron chi connectivity index (χ2n) is 5.21. The minimum atomic E-state index is -0.0140. The van der Waals surface area contributed by atoms with Gasteiger partial charge in [0.15, 0.2) is 0 Å². The molecule has 0 radical (unpaired) electrons. The van der Waals surface area contributed by atoms with Crippen LogP contribution in [-0.4, -0.2) is 15.9 Å². The first-order chi connectivity index (χ1) is 10.1. The Morgan fingerprint density at radius 2 is 2.00 bits per heavy atom. The Bertz CT molecular complexity index is 805. The third kappa shape index (κ3) is 2.94. The summed E-state index contributed by atoms with van der Waals surface area (Å²) in [4.78, 5) is 19.7. The van der Waals surface area contributed by atoms with Gasteiger partial charge in [-0.1, -0.05) is 24.3 Å². The van der Waals surface area contributed by atoms with Crippen molar-refractivity contribution < 1.29 is 4.79 Å². The van der Waals surface area contributed by atoms with E-state index in [-0.39, 0.29) is 5.91 Å². The lowest BCUT2D eigenvalue weighted by molar-refractivity contribution is -0.115. The van der Waals surface area contributed by atoms with E-state index in [0.29, 0.717) is 6.42 Å². The summed E-state index contributed by atoms with van der Waals surface area (Å²) in [7, 11) is 0. The Morgan fingerprint density at radius 3 is 2.81 bits per heavy atom. The third-order valence-corrected chi connectivity index (χ3v) is 3.50. The van der Waals surface area contributed by atoms with Crippen LogP contribution < -0.4 is 5.32 Å². The number of amides is 1. The molecule has 3 aromatic rings. The largest absolute Gasteiger partial charge is 0.342 e. The molecule has 0 saturated heterocycles. The lowest BCUT2D eigenvalue weighted by atomic mass is 10.1. The second-order valence-corrected chi connectivity index (χ2v) is 5.21. The number of hydrogen-bond acceptors (Lipinski definition) is 2. The monoisotopic (exact) mass is 279 g/mol.